The molecule has 3 N–H and O–H groups in total. The van der Waals surface area contributed by atoms with Crippen LogP contribution < -0.4 is 16.2 Å². The molecule has 5 heterocycles. The Kier molecular flexibility index (Phi) is 14.0. The Hall–Kier alpha value is -5.61. The maximum atomic E-state index is 14.8. The summed E-state index contributed by atoms with van der Waals surface area (Å²) in [6, 6.07) is 4.02. The molecule has 6 rings (SSSR count). The van der Waals surface area contributed by atoms with Gasteiger partial charge in [-0.25, -0.2) is 14.2 Å². The molecule has 0 spiro atoms. The molecule has 0 radical (unpaired) electrons. The van der Waals surface area contributed by atoms with E-state index >= 15 is 0 Å². The molecular weight excluding hydrogens is 790 g/mol. The van der Waals surface area contributed by atoms with Crippen LogP contribution in [0.4, 0.5) is 4.39 Å². The van der Waals surface area contributed by atoms with Crippen molar-refractivity contribution >= 4 is 46.3 Å². The Balaban J connectivity index is 0.980. The Morgan fingerprint density at radius 1 is 1.00 bits per heavy atom. The van der Waals surface area contributed by atoms with Gasteiger partial charge in [-0.1, -0.05) is 34.1 Å². The minimum atomic E-state index is -1.97. The molecule has 15 nitrogen and oxygen atoms in total. The summed E-state index contributed by atoms with van der Waals surface area (Å²) in [4.78, 5) is 94.5. The Morgan fingerprint density at radius 3 is 2.44 bits per heavy atom. The number of nitrogens with zero attached hydrogens (tertiary/aromatic N) is 3. The zero-order chi connectivity index (χ0) is 44.2. The zero-order valence-corrected chi connectivity index (χ0v) is 35.4. The summed E-state index contributed by atoms with van der Waals surface area (Å²) in [7, 11) is 0. The van der Waals surface area contributed by atoms with Crippen molar-refractivity contribution in [2.45, 2.75) is 117 Å². The predicted molar refractivity (Wildman–Crippen MR) is 221 cm³/mol. The number of imide groups is 1. The van der Waals surface area contributed by atoms with Crippen molar-refractivity contribution in [3.05, 3.63) is 74.3 Å². The lowest BCUT2D eigenvalue weighted by atomic mass is 9.86. The van der Waals surface area contributed by atoms with E-state index in [0.717, 1.165) is 21.4 Å². The largest absolute Gasteiger partial charge is 0.458 e. The van der Waals surface area contributed by atoms with Gasteiger partial charge in [0.05, 0.1) is 35.1 Å². The van der Waals surface area contributed by atoms with Crippen molar-refractivity contribution in [3.63, 3.8) is 0 Å². The minimum Gasteiger partial charge on any atom is -0.458 e. The molecule has 0 unspecified atom stereocenters. The van der Waals surface area contributed by atoms with E-state index in [2.05, 4.69) is 10.6 Å². The summed E-state index contributed by atoms with van der Waals surface area (Å²) in [5.74, 6) is -3.65. The van der Waals surface area contributed by atoms with Crippen LogP contribution in [0.25, 0.3) is 22.3 Å². The van der Waals surface area contributed by atoms with Crippen LogP contribution in [0.1, 0.15) is 107 Å². The van der Waals surface area contributed by atoms with Gasteiger partial charge < -0.3 is 29.8 Å². The number of esters is 1. The van der Waals surface area contributed by atoms with E-state index in [4.69, 9.17) is 14.5 Å². The summed E-state index contributed by atoms with van der Waals surface area (Å²) in [5, 5.41) is 17.6. The lowest BCUT2D eigenvalue weighted by Gasteiger charge is -2.31. The first-order chi connectivity index (χ1) is 29.0. The second-order valence-corrected chi connectivity index (χ2v) is 16.5. The number of unbranched alkanes of at least 4 members (excludes halogenated alkanes) is 3. The minimum absolute atomic E-state index is 0.0129. The lowest BCUT2D eigenvalue weighted by Crippen LogP contribution is -2.45. The average Bonchev–Trinajstić information content (AvgIpc) is 3.75. The van der Waals surface area contributed by atoms with Crippen LogP contribution in [0.2, 0.25) is 0 Å². The van der Waals surface area contributed by atoms with E-state index in [1.165, 1.54) is 18.2 Å². The fraction of sp³-hybridized carbons (Fsp3) is 0.511. The molecule has 3 aliphatic rings. The first-order valence-electron chi connectivity index (χ1n) is 21.1. The molecule has 3 aliphatic heterocycles. The predicted octanol–water partition coefficient (Wildman–Crippen LogP) is 4.16. The van der Waals surface area contributed by atoms with E-state index < -0.39 is 29.3 Å². The molecule has 0 bridgehead atoms. The number of aromatic nitrogens is 2. The van der Waals surface area contributed by atoms with Gasteiger partial charge in [-0.15, -0.1) is 0 Å². The number of hydrogen-bond acceptors (Lipinski definition) is 11. The monoisotopic (exact) mass is 843 g/mol. The Labute approximate surface area is 353 Å². The van der Waals surface area contributed by atoms with Crippen molar-refractivity contribution in [2.75, 3.05) is 19.9 Å². The fourth-order valence-corrected chi connectivity index (χ4v) is 8.22. The number of carbonyl (C=O) groups is 6. The van der Waals surface area contributed by atoms with E-state index in [1.54, 1.807) is 37.5 Å². The van der Waals surface area contributed by atoms with E-state index in [9.17, 15) is 43.1 Å². The molecule has 61 heavy (non-hydrogen) atoms. The maximum Gasteiger partial charge on any atom is 0.343 e. The topological polar surface area (TPSA) is 203 Å². The summed E-state index contributed by atoms with van der Waals surface area (Å²) in [6.07, 6.45) is 6.15. The molecular formula is C45H54FN5O10. The van der Waals surface area contributed by atoms with Gasteiger partial charge >= 0.3 is 5.97 Å². The van der Waals surface area contributed by atoms with Crippen molar-refractivity contribution < 1.29 is 47.7 Å². The number of carbonyl (C=O) groups excluding carboxylic acids is 6. The third kappa shape index (κ3) is 9.49. The second kappa shape index (κ2) is 19.0. The molecule has 2 aromatic heterocycles. The van der Waals surface area contributed by atoms with Crippen LogP contribution in [-0.2, 0) is 63.4 Å². The first-order valence-corrected chi connectivity index (χ1v) is 21.1. The Morgan fingerprint density at radius 2 is 1.74 bits per heavy atom. The molecule has 1 aromatic carbocycles. The summed E-state index contributed by atoms with van der Waals surface area (Å²) < 4.78 is 27.3. The number of amides is 4. The number of Topliss-reactive ketones (excluding diaryl/α,β-unsaturated/α-hetero) is 1. The lowest BCUT2D eigenvalue weighted by molar-refractivity contribution is -0.172. The summed E-state index contributed by atoms with van der Waals surface area (Å²) in [5.41, 5.74) is 1.61. The number of halogens is 1. The van der Waals surface area contributed by atoms with E-state index in [-0.39, 0.29) is 91.2 Å². The number of fused-ring (bicyclic) bond motifs is 5. The van der Waals surface area contributed by atoms with Gasteiger partial charge in [0.25, 0.3) is 17.4 Å². The molecule has 0 saturated carbocycles. The normalized spacial score (nSPS) is 17.6. The third-order valence-electron chi connectivity index (χ3n) is 11.9. The number of cyclic esters (lactones) is 1. The Bertz CT molecular complexity index is 2340. The quantitative estimate of drug-likeness (QED) is 0.0499. The molecule has 3 atom stereocenters. The molecule has 0 aliphatic carbocycles. The highest BCUT2D eigenvalue weighted by Crippen LogP contribution is 2.41. The zero-order valence-electron chi connectivity index (χ0n) is 35.4. The summed E-state index contributed by atoms with van der Waals surface area (Å²) >= 11 is 0. The third-order valence-corrected chi connectivity index (χ3v) is 11.9. The van der Waals surface area contributed by atoms with Gasteiger partial charge in [-0.3, -0.25) is 33.7 Å². The van der Waals surface area contributed by atoms with Gasteiger partial charge in [0.15, 0.2) is 11.4 Å². The van der Waals surface area contributed by atoms with E-state index in [0.29, 0.717) is 74.1 Å². The second-order valence-electron chi connectivity index (χ2n) is 16.5. The van der Waals surface area contributed by atoms with Gasteiger partial charge in [0.2, 0.25) is 11.8 Å². The molecule has 4 amide bonds. The highest BCUT2D eigenvalue weighted by atomic mass is 19.1. The number of aliphatic hydroxyl groups is 1. The molecule has 0 fully saturated rings. The number of hydrogen-bond donors (Lipinski definition) is 3. The number of nitrogens with one attached hydrogen (secondary N) is 2. The van der Waals surface area contributed by atoms with Crippen LogP contribution >= 0.6 is 0 Å². The van der Waals surface area contributed by atoms with Crippen LogP contribution in [0.15, 0.2) is 35.1 Å². The molecule has 326 valence electrons. The molecule has 3 aromatic rings. The standard InChI is InChI=1S/C45H54FN5O10/c1-6-45(59)32-20-35-41-30(22-51(35)43(57)31(32)23-61-44(45)58)28(29-18-26(4)33(46)21-34(29)48-41)12-9-11-17-60-24-47-42(56)27(5)19-36(52)40(25(2)3)49-37(53)13-8-7-10-16-50-38(54)14-15-39(50)55/h14-15,18,20-21,25,27,40,59H,6-13,16-17,19,22-24H2,1-5H3,(H,47,56)(H,49,53)/t27-,40+,45+/m1/s1. The first kappa shape index (κ1) is 44.9. The van der Waals surface area contributed by atoms with Crippen molar-refractivity contribution in [1.82, 2.24) is 25.1 Å². The highest BCUT2D eigenvalue weighted by Gasteiger charge is 2.45. The number of benzene rings is 1. The van der Waals surface area contributed by atoms with Crippen LogP contribution in [0, 0.1) is 24.6 Å². The SMILES string of the molecule is CC[C@@]1(O)C(=O)OCc2c1cc1n(c2=O)Cc2c-1nc1cc(F)c(C)cc1c2CCCCOCNC(=O)[C@H](C)CC(=O)[C@@H](NC(=O)CCCCCN1C(=O)C=CC1=O)C(C)C. The smallest absolute Gasteiger partial charge is 0.343 e. The molecule has 0 saturated heterocycles. The van der Waals surface area contributed by atoms with Crippen LogP contribution in [0.5, 0.6) is 0 Å². The van der Waals surface area contributed by atoms with E-state index in [1.807, 2.05) is 13.8 Å². The number of aryl methyl sites for hydroxylation is 2. The van der Waals surface area contributed by atoms with Gasteiger partial charge in [-0.2, -0.15) is 0 Å². The number of ketones is 1. The van der Waals surface area contributed by atoms with Crippen LogP contribution in [-0.4, -0.2) is 80.9 Å². The fourth-order valence-electron chi connectivity index (χ4n) is 8.22. The number of ether oxygens (including phenoxy) is 2. The van der Waals surface area contributed by atoms with Gasteiger partial charge in [-0.05, 0) is 74.6 Å². The highest BCUT2D eigenvalue weighted by molar-refractivity contribution is 6.12. The van der Waals surface area contributed by atoms with Crippen molar-refractivity contribution in [2.24, 2.45) is 11.8 Å². The van der Waals surface area contributed by atoms with Crippen molar-refractivity contribution in [1.29, 1.82) is 0 Å². The maximum absolute atomic E-state index is 14.8. The van der Waals surface area contributed by atoms with Crippen molar-refractivity contribution in [3.8, 4) is 11.4 Å². The van der Waals surface area contributed by atoms with Crippen LogP contribution in [0.3, 0.4) is 0 Å². The van der Waals surface area contributed by atoms with Gasteiger partial charge in [0, 0.05) is 66.6 Å². The van der Waals surface area contributed by atoms with Gasteiger partial charge in [0.1, 0.15) is 19.2 Å². The average molecular weight is 844 g/mol. The molecule has 16 heteroatoms. The summed E-state index contributed by atoms with van der Waals surface area (Å²) in [6.45, 7) is 9.11. The number of pyridine rings is 2. The number of rotatable bonds is 20.